The Labute approximate surface area is 134 Å². The van der Waals surface area contributed by atoms with Gasteiger partial charge in [-0.1, -0.05) is 44.2 Å². The van der Waals surface area contributed by atoms with Crippen molar-refractivity contribution in [2.45, 2.75) is 64.8 Å². The van der Waals surface area contributed by atoms with Crippen molar-refractivity contribution in [2.75, 3.05) is 0 Å². The van der Waals surface area contributed by atoms with Crippen molar-refractivity contribution < 1.29 is 9.31 Å². The Balaban J connectivity index is 0.000000693. The molecule has 0 radical (unpaired) electrons. The normalized spacial score (nSPS) is 29.3. The molecular formula is C18H26BNO2. The van der Waals surface area contributed by atoms with Crippen molar-refractivity contribution in [1.29, 1.82) is 0 Å². The Morgan fingerprint density at radius 3 is 2.05 bits per heavy atom. The molecule has 1 aromatic carbocycles. The standard InChI is InChI=1S/C16H20BNO2.C2H6/c1-15(2)16(3,4)20-17(19-15)10-5-6-11-12(9-10)14-8-7-13(11)18-14;1-2/h5-9,13-14,18H,1-4H3;1-2H3. The minimum atomic E-state index is -0.284. The van der Waals surface area contributed by atoms with E-state index >= 15 is 0 Å². The van der Waals surface area contributed by atoms with Crippen LogP contribution in [0.25, 0.3) is 0 Å². The first-order chi connectivity index (χ1) is 10.4. The van der Waals surface area contributed by atoms with Crippen LogP contribution in [0.2, 0.25) is 0 Å². The lowest BCUT2D eigenvalue weighted by molar-refractivity contribution is 0.00578. The summed E-state index contributed by atoms with van der Waals surface area (Å²) < 4.78 is 12.3. The van der Waals surface area contributed by atoms with Crippen LogP contribution in [0.1, 0.15) is 64.8 Å². The van der Waals surface area contributed by atoms with Gasteiger partial charge in [-0.2, -0.15) is 0 Å². The molecule has 3 aliphatic heterocycles. The van der Waals surface area contributed by atoms with Gasteiger partial charge in [0, 0.05) is 0 Å². The molecule has 4 rings (SSSR count). The summed E-state index contributed by atoms with van der Waals surface area (Å²) >= 11 is 0. The first-order valence-electron chi connectivity index (χ1n) is 8.31. The summed E-state index contributed by atoms with van der Waals surface area (Å²) in [5.74, 6) is 0. The van der Waals surface area contributed by atoms with Crippen molar-refractivity contribution >= 4 is 12.6 Å². The van der Waals surface area contributed by atoms with Crippen molar-refractivity contribution in [1.82, 2.24) is 5.32 Å². The average molecular weight is 299 g/mol. The van der Waals surface area contributed by atoms with Crippen LogP contribution >= 0.6 is 0 Å². The lowest BCUT2D eigenvalue weighted by Gasteiger charge is -2.32. The largest absolute Gasteiger partial charge is 0.494 e. The van der Waals surface area contributed by atoms with Gasteiger partial charge in [0.05, 0.1) is 23.3 Å². The molecule has 3 heterocycles. The van der Waals surface area contributed by atoms with E-state index in [-0.39, 0.29) is 18.3 Å². The van der Waals surface area contributed by atoms with Crippen molar-refractivity contribution in [3.8, 4) is 0 Å². The number of hydrogen-bond donors (Lipinski definition) is 1. The second-order valence-corrected chi connectivity index (χ2v) is 6.98. The number of benzene rings is 1. The number of hydrogen-bond acceptors (Lipinski definition) is 3. The molecule has 2 bridgehead atoms. The highest BCUT2D eigenvalue weighted by molar-refractivity contribution is 6.62. The van der Waals surface area contributed by atoms with Gasteiger partial charge in [-0.25, -0.2) is 0 Å². The van der Waals surface area contributed by atoms with E-state index in [1.807, 2.05) is 13.8 Å². The van der Waals surface area contributed by atoms with E-state index in [9.17, 15) is 0 Å². The lowest BCUT2D eigenvalue weighted by atomic mass is 9.76. The van der Waals surface area contributed by atoms with E-state index in [0.717, 1.165) is 5.46 Å². The van der Waals surface area contributed by atoms with Crippen molar-refractivity contribution in [3.05, 3.63) is 41.5 Å². The van der Waals surface area contributed by atoms with Gasteiger partial charge < -0.3 is 9.31 Å². The fraction of sp³-hybridized carbons (Fsp3) is 0.556. The molecule has 0 aliphatic carbocycles. The van der Waals surface area contributed by atoms with Gasteiger partial charge in [-0.15, -0.1) is 0 Å². The molecule has 1 N–H and O–H groups in total. The summed E-state index contributed by atoms with van der Waals surface area (Å²) in [5, 5.41) is 3.55. The van der Waals surface area contributed by atoms with Gasteiger partial charge >= 0.3 is 7.12 Å². The van der Waals surface area contributed by atoms with Crippen LogP contribution in [0.5, 0.6) is 0 Å². The average Bonchev–Trinajstić information content (AvgIpc) is 3.14. The van der Waals surface area contributed by atoms with Gasteiger partial charge in [-0.3, -0.25) is 5.32 Å². The zero-order valence-corrected chi connectivity index (χ0v) is 14.4. The van der Waals surface area contributed by atoms with E-state index in [2.05, 4.69) is 63.4 Å². The van der Waals surface area contributed by atoms with E-state index in [1.165, 1.54) is 11.1 Å². The summed E-state index contributed by atoms with van der Waals surface area (Å²) in [6, 6.07) is 7.33. The third-order valence-electron chi connectivity index (χ3n) is 5.16. The first kappa shape index (κ1) is 15.8. The molecule has 1 saturated heterocycles. The summed E-state index contributed by atoms with van der Waals surface area (Å²) in [6.45, 7) is 12.4. The first-order valence-corrected chi connectivity index (χ1v) is 8.31. The molecule has 22 heavy (non-hydrogen) atoms. The SMILES string of the molecule is CC.CC1(C)OB(c2ccc3c(c2)C2C=CC3N2)OC1(C)C. The van der Waals surface area contributed by atoms with Gasteiger partial charge in [0.1, 0.15) is 0 Å². The highest BCUT2D eigenvalue weighted by Gasteiger charge is 2.52. The van der Waals surface area contributed by atoms with Crippen LogP contribution in [-0.4, -0.2) is 18.3 Å². The molecule has 2 atom stereocenters. The third-order valence-corrected chi connectivity index (χ3v) is 5.16. The molecule has 1 fully saturated rings. The predicted molar refractivity (Wildman–Crippen MR) is 91.3 cm³/mol. The molecule has 118 valence electrons. The van der Waals surface area contributed by atoms with Crippen molar-refractivity contribution in [2.24, 2.45) is 0 Å². The Hall–Kier alpha value is -1.10. The Morgan fingerprint density at radius 1 is 0.909 bits per heavy atom. The smallest absolute Gasteiger partial charge is 0.399 e. The molecule has 4 heteroatoms. The maximum Gasteiger partial charge on any atom is 0.494 e. The van der Waals surface area contributed by atoms with Crippen LogP contribution in [0.3, 0.4) is 0 Å². The number of nitrogens with one attached hydrogen (secondary N) is 1. The second kappa shape index (κ2) is 5.22. The predicted octanol–water partition coefficient (Wildman–Crippen LogP) is 3.27. The molecular weight excluding hydrogens is 273 g/mol. The van der Waals surface area contributed by atoms with E-state index in [4.69, 9.17) is 9.31 Å². The molecule has 0 saturated carbocycles. The summed E-state index contributed by atoms with van der Waals surface area (Å²) in [5.41, 5.74) is 3.30. The molecule has 3 aliphatic rings. The quantitative estimate of drug-likeness (QED) is 0.638. The van der Waals surface area contributed by atoms with Crippen LogP contribution < -0.4 is 10.8 Å². The fourth-order valence-corrected chi connectivity index (χ4v) is 3.19. The van der Waals surface area contributed by atoms with Crippen molar-refractivity contribution in [3.63, 3.8) is 0 Å². The number of fused-ring (bicyclic) bond motifs is 5. The monoisotopic (exact) mass is 299 g/mol. The fourth-order valence-electron chi connectivity index (χ4n) is 3.19. The molecule has 2 unspecified atom stereocenters. The minimum Gasteiger partial charge on any atom is -0.399 e. The summed E-state index contributed by atoms with van der Waals surface area (Å²) in [4.78, 5) is 0. The van der Waals surface area contributed by atoms with E-state index < -0.39 is 0 Å². The van der Waals surface area contributed by atoms with Gasteiger partial charge in [0.25, 0.3) is 0 Å². The molecule has 3 nitrogen and oxygen atoms in total. The van der Waals surface area contributed by atoms with E-state index in [0.29, 0.717) is 12.1 Å². The zero-order chi connectivity index (χ0) is 16.1. The summed E-state index contributed by atoms with van der Waals surface area (Å²) in [7, 11) is -0.270. The zero-order valence-electron chi connectivity index (χ0n) is 14.4. The maximum atomic E-state index is 6.13. The minimum absolute atomic E-state index is 0.270. The molecule has 0 aromatic heterocycles. The van der Waals surface area contributed by atoms with Gasteiger partial charge in [-0.05, 0) is 44.3 Å². The number of rotatable bonds is 1. The molecule has 0 spiro atoms. The highest BCUT2D eigenvalue weighted by atomic mass is 16.7. The van der Waals surface area contributed by atoms with Gasteiger partial charge in [0.2, 0.25) is 0 Å². The Kier molecular flexibility index (Phi) is 3.75. The third kappa shape index (κ3) is 2.25. The lowest BCUT2D eigenvalue weighted by Crippen LogP contribution is -2.41. The topological polar surface area (TPSA) is 30.5 Å². The molecule has 1 aromatic rings. The van der Waals surface area contributed by atoms with E-state index in [1.54, 1.807) is 0 Å². The highest BCUT2D eigenvalue weighted by Crippen LogP contribution is 2.40. The van der Waals surface area contributed by atoms with Crippen LogP contribution in [0, 0.1) is 0 Å². The van der Waals surface area contributed by atoms with Crippen LogP contribution in [-0.2, 0) is 9.31 Å². The molecule has 0 amide bonds. The van der Waals surface area contributed by atoms with Gasteiger partial charge in [0.15, 0.2) is 0 Å². The van der Waals surface area contributed by atoms with Crippen LogP contribution in [0.15, 0.2) is 30.4 Å². The Bertz CT molecular complexity index is 593. The van der Waals surface area contributed by atoms with Crippen LogP contribution in [0.4, 0.5) is 0 Å². The Morgan fingerprint density at radius 2 is 1.45 bits per heavy atom. The summed E-state index contributed by atoms with van der Waals surface area (Å²) in [6.07, 6.45) is 4.47. The second-order valence-electron chi connectivity index (χ2n) is 6.98. The maximum absolute atomic E-state index is 6.13.